The standard InChI is InChI=1S/C90H60N2/c1-7-23-67(24-8-1)89(68-25-9-2-10-26-68)81-57-63(41-39-61-45-53-87-79(55-61)77-35-19-21-37-85(77)91(87)71-31-15-5-16-32-71)43-49-73(81)75-51-47-65(59-83(75)89)66-48-52-76-74-50-44-64(58-82(74)90(84(76)60-66,69-27-11-3-12-28-69)70-29-13-4-14-30-70)42-40-62-46-54-88-80(56-62)78-36-20-22-38-86(78)92(88)72-33-17-6-18-34-72/h1-60H/b41-39+,42-40+. The van der Waals surface area contributed by atoms with Gasteiger partial charge in [0.15, 0.2) is 0 Å². The zero-order chi connectivity index (χ0) is 60.7. The fraction of sp³-hybridized carbons (Fsp3) is 0.0222. The zero-order valence-corrected chi connectivity index (χ0v) is 50.5. The summed E-state index contributed by atoms with van der Waals surface area (Å²) in [6, 6.07) is 126. The maximum Gasteiger partial charge on any atom is 0.0713 e. The van der Waals surface area contributed by atoms with Gasteiger partial charge in [-0.1, -0.05) is 279 Å². The van der Waals surface area contributed by atoms with E-state index in [0.717, 1.165) is 33.6 Å². The Bertz CT molecular complexity index is 5170. The first-order valence-electron chi connectivity index (χ1n) is 32.0. The Morgan fingerprint density at radius 1 is 0.207 bits per heavy atom. The average molecular weight is 1170 g/mol. The van der Waals surface area contributed by atoms with Crippen LogP contribution in [0.15, 0.2) is 340 Å². The number of hydrogen-bond donors (Lipinski definition) is 0. The molecule has 430 valence electrons. The Hall–Kier alpha value is -11.8. The highest BCUT2D eigenvalue weighted by Gasteiger charge is 2.48. The second-order valence-corrected chi connectivity index (χ2v) is 24.7. The molecule has 0 radical (unpaired) electrons. The van der Waals surface area contributed by atoms with Crippen LogP contribution in [-0.4, -0.2) is 9.13 Å². The van der Waals surface area contributed by atoms with E-state index >= 15 is 0 Å². The van der Waals surface area contributed by atoms with E-state index in [1.165, 1.54) is 122 Å². The van der Waals surface area contributed by atoms with Gasteiger partial charge in [0.2, 0.25) is 0 Å². The van der Waals surface area contributed by atoms with E-state index in [9.17, 15) is 0 Å². The molecule has 0 aliphatic heterocycles. The number of nitrogens with zero attached hydrogens (tertiary/aromatic N) is 2. The van der Waals surface area contributed by atoms with Gasteiger partial charge in [-0.3, -0.25) is 0 Å². The molecule has 0 saturated carbocycles. The molecule has 2 aromatic heterocycles. The Kier molecular flexibility index (Phi) is 12.4. The van der Waals surface area contributed by atoms with E-state index in [-0.39, 0.29) is 0 Å². The van der Waals surface area contributed by atoms with E-state index in [4.69, 9.17) is 0 Å². The predicted molar refractivity (Wildman–Crippen MR) is 386 cm³/mol. The third-order valence-electron chi connectivity index (χ3n) is 19.8. The molecule has 2 aliphatic carbocycles. The normalized spacial score (nSPS) is 13.5. The van der Waals surface area contributed by atoms with Crippen molar-refractivity contribution in [1.29, 1.82) is 0 Å². The van der Waals surface area contributed by atoms with Crippen molar-refractivity contribution in [2.75, 3.05) is 0 Å². The van der Waals surface area contributed by atoms with Crippen molar-refractivity contribution in [2.45, 2.75) is 10.8 Å². The van der Waals surface area contributed by atoms with Crippen LogP contribution in [0, 0.1) is 0 Å². The fourth-order valence-corrected chi connectivity index (χ4v) is 15.9. The molecule has 0 N–H and O–H groups in total. The second kappa shape index (κ2) is 21.4. The lowest BCUT2D eigenvalue weighted by atomic mass is 9.66. The minimum absolute atomic E-state index is 0.618. The molecule has 2 aliphatic rings. The molecule has 0 fully saturated rings. The van der Waals surface area contributed by atoms with Gasteiger partial charge in [0.25, 0.3) is 0 Å². The third-order valence-corrected chi connectivity index (χ3v) is 19.8. The van der Waals surface area contributed by atoms with E-state index in [2.05, 4.69) is 373 Å². The van der Waals surface area contributed by atoms with E-state index in [0.29, 0.717) is 0 Å². The van der Waals surface area contributed by atoms with Crippen molar-refractivity contribution in [3.8, 4) is 44.8 Å². The third kappa shape index (κ3) is 8.20. The Morgan fingerprint density at radius 3 is 0.837 bits per heavy atom. The van der Waals surface area contributed by atoms with Crippen LogP contribution in [0.2, 0.25) is 0 Å². The van der Waals surface area contributed by atoms with Gasteiger partial charge in [-0.2, -0.15) is 0 Å². The molecule has 18 rings (SSSR count). The molecule has 14 aromatic carbocycles. The smallest absolute Gasteiger partial charge is 0.0713 e. The Balaban J connectivity index is 0.757. The van der Waals surface area contributed by atoms with Gasteiger partial charge in [0.1, 0.15) is 0 Å². The summed E-state index contributed by atoms with van der Waals surface area (Å²) in [5.74, 6) is 0. The van der Waals surface area contributed by atoms with Gasteiger partial charge in [-0.05, 0) is 185 Å². The number of hydrogen-bond acceptors (Lipinski definition) is 0. The lowest BCUT2D eigenvalue weighted by Crippen LogP contribution is -2.29. The maximum atomic E-state index is 2.52. The summed E-state index contributed by atoms with van der Waals surface area (Å²) in [7, 11) is 0. The molecule has 0 saturated heterocycles. The summed E-state index contributed by atoms with van der Waals surface area (Å²) in [5.41, 5.74) is 28.0. The minimum atomic E-state index is -0.618. The zero-order valence-electron chi connectivity index (χ0n) is 50.5. The summed E-state index contributed by atoms with van der Waals surface area (Å²) in [6.07, 6.45) is 9.16. The average Bonchev–Trinajstić information content (AvgIpc) is 1.52. The predicted octanol–water partition coefficient (Wildman–Crippen LogP) is 22.6. The van der Waals surface area contributed by atoms with Gasteiger partial charge >= 0.3 is 0 Å². The Labute approximate surface area is 535 Å². The van der Waals surface area contributed by atoms with Crippen molar-refractivity contribution in [3.63, 3.8) is 0 Å². The van der Waals surface area contributed by atoms with Crippen LogP contribution in [0.25, 0.3) is 113 Å². The molecular weight excluding hydrogens is 1110 g/mol. The van der Waals surface area contributed by atoms with Crippen LogP contribution in [0.1, 0.15) is 66.8 Å². The molecule has 2 heteroatoms. The molecule has 0 unspecified atom stereocenters. The van der Waals surface area contributed by atoms with E-state index < -0.39 is 10.8 Å². The first kappa shape index (κ1) is 53.2. The lowest BCUT2D eigenvalue weighted by molar-refractivity contribution is 0.767. The van der Waals surface area contributed by atoms with Crippen LogP contribution in [0.5, 0.6) is 0 Å². The van der Waals surface area contributed by atoms with Gasteiger partial charge in [-0.15, -0.1) is 0 Å². The molecule has 0 spiro atoms. The Morgan fingerprint density at radius 2 is 0.478 bits per heavy atom. The van der Waals surface area contributed by atoms with E-state index in [1.54, 1.807) is 0 Å². The lowest BCUT2D eigenvalue weighted by Gasteiger charge is -2.35. The first-order valence-corrected chi connectivity index (χ1v) is 32.0. The number of para-hydroxylation sites is 4. The molecule has 92 heavy (non-hydrogen) atoms. The summed E-state index contributed by atoms with van der Waals surface area (Å²) in [6.45, 7) is 0. The molecule has 0 atom stereocenters. The summed E-state index contributed by atoms with van der Waals surface area (Å²) in [4.78, 5) is 0. The molecule has 2 heterocycles. The van der Waals surface area contributed by atoms with Crippen molar-refractivity contribution in [1.82, 2.24) is 9.13 Å². The topological polar surface area (TPSA) is 9.86 Å². The number of rotatable bonds is 11. The summed E-state index contributed by atoms with van der Waals surface area (Å²) in [5, 5.41) is 4.98. The van der Waals surface area contributed by atoms with Gasteiger partial charge in [0.05, 0.1) is 32.9 Å². The van der Waals surface area contributed by atoms with Gasteiger partial charge in [0, 0.05) is 32.9 Å². The van der Waals surface area contributed by atoms with Gasteiger partial charge < -0.3 is 9.13 Å². The van der Waals surface area contributed by atoms with Crippen LogP contribution < -0.4 is 0 Å². The van der Waals surface area contributed by atoms with Crippen molar-refractivity contribution in [2.24, 2.45) is 0 Å². The maximum absolute atomic E-state index is 2.52. The van der Waals surface area contributed by atoms with Crippen LogP contribution in [0.3, 0.4) is 0 Å². The van der Waals surface area contributed by atoms with Crippen LogP contribution in [0.4, 0.5) is 0 Å². The highest BCUT2D eigenvalue weighted by atomic mass is 15.0. The summed E-state index contributed by atoms with van der Waals surface area (Å²) >= 11 is 0. The molecule has 0 bridgehead atoms. The molecular formula is C90H60N2. The first-order chi connectivity index (χ1) is 45.6. The largest absolute Gasteiger partial charge is 0.309 e. The quantitative estimate of drug-likeness (QED) is 0.114. The van der Waals surface area contributed by atoms with Gasteiger partial charge in [-0.25, -0.2) is 0 Å². The molecule has 16 aromatic rings. The van der Waals surface area contributed by atoms with Crippen molar-refractivity contribution in [3.05, 3.63) is 406 Å². The van der Waals surface area contributed by atoms with E-state index in [1.807, 2.05) is 0 Å². The minimum Gasteiger partial charge on any atom is -0.309 e. The van der Waals surface area contributed by atoms with Crippen molar-refractivity contribution < 1.29 is 0 Å². The monoisotopic (exact) mass is 1170 g/mol. The highest BCUT2D eigenvalue weighted by molar-refractivity contribution is 6.11. The molecule has 0 amide bonds. The van der Waals surface area contributed by atoms with Crippen LogP contribution >= 0.6 is 0 Å². The number of benzene rings is 14. The molecule has 2 nitrogen and oxygen atoms in total. The fourth-order valence-electron chi connectivity index (χ4n) is 15.9. The highest BCUT2D eigenvalue weighted by Crippen LogP contribution is 2.60. The second-order valence-electron chi connectivity index (χ2n) is 24.7. The SMILES string of the molecule is C(=C\c1ccc2c(c1)c1ccccc1n2-c1ccccc1)/c1ccc2c(c1)C(c1ccccc1)(c1ccccc1)c1cc(-c3ccc4c(c3)C(c3ccccc3)(c3ccccc3)c3cc(/C=C/c5ccc6c(c5)c5ccccc5n6-c5ccccc5)ccc3-4)ccc1-2. The van der Waals surface area contributed by atoms with Crippen LogP contribution in [-0.2, 0) is 10.8 Å². The summed E-state index contributed by atoms with van der Waals surface area (Å²) < 4.78 is 4.76. The number of aromatic nitrogens is 2. The van der Waals surface area contributed by atoms with Crippen molar-refractivity contribution >= 4 is 67.9 Å². The number of fused-ring (bicyclic) bond motifs is 12.